The second-order valence-corrected chi connectivity index (χ2v) is 10.6. The van der Waals surface area contributed by atoms with E-state index in [4.69, 9.17) is 0 Å². The molecule has 0 aromatic carbocycles. The van der Waals surface area contributed by atoms with Crippen LogP contribution in [0.2, 0.25) is 0 Å². The number of ketones is 1. The predicted molar refractivity (Wildman–Crippen MR) is 127 cm³/mol. The maximum atomic E-state index is 14.3. The number of hydrogen-bond donors (Lipinski definition) is 1. The van der Waals surface area contributed by atoms with E-state index in [1.54, 1.807) is 18.5 Å². The first kappa shape index (κ1) is 23.8. The number of carbonyl (C=O) groups excluding carboxylic acids is 1. The van der Waals surface area contributed by atoms with Crippen molar-refractivity contribution in [3.05, 3.63) is 53.0 Å². The number of alkyl halides is 2. The number of rotatable bonds is 9. The van der Waals surface area contributed by atoms with Gasteiger partial charge < -0.3 is 5.32 Å². The summed E-state index contributed by atoms with van der Waals surface area (Å²) in [6.07, 6.45) is 6.57. The van der Waals surface area contributed by atoms with Crippen LogP contribution in [0, 0.1) is 11.7 Å². The summed E-state index contributed by atoms with van der Waals surface area (Å²) in [5.41, 5.74) is 0.781. The van der Waals surface area contributed by atoms with Crippen LogP contribution < -0.4 is 5.32 Å². The minimum atomic E-state index is -2.70. The molecule has 2 aliphatic rings. The molecular weight excluding hydrogens is 475 g/mol. The highest BCUT2D eigenvalue weighted by Gasteiger charge is 2.42. The van der Waals surface area contributed by atoms with Gasteiger partial charge in [0.1, 0.15) is 28.1 Å². The third-order valence-corrected chi connectivity index (χ3v) is 8.17. The standard InChI is InChI=1S/C25H26F3N5OS/c26-18-3-1-12-29-22(18)24(9-2-10-24)15-31-21-7-5-19(32-33-21)23-30-14-17(35-23)4-6-20(34)16-8-11-25(27,28)13-16/h1,3,5,7,12,14,16H,2,4,6,8-11,13,15H2,(H,31,33). The molecule has 1 N–H and O–H groups in total. The fraction of sp³-hybridized carbons (Fsp3) is 0.480. The summed E-state index contributed by atoms with van der Waals surface area (Å²) in [7, 11) is 0. The Bertz CT molecular complexity index is 1200. The SMILES string of the molecule is O=C(CCc1cnc(-c2ccc(NCC3(c4ncccc4F)CCC3)nn2)s1)C1CCC(F)(F)C1. The van der Waals surface area contributed by atoms with Crippen molar-refractivity contribution in [3.63, 3.8) is 0 Å². The molecule has 35 heavy (non-hydrogen) atoms. The zero-order valence-corrected chi connectivity index (χ0v) is 20.0. The lowest BCUT2D eigenvalue weighted by molar-refractivity contribution is -0.123. The van der Waals surface area contributed by atoms with E-state index in [1.807, 2.05) is 12.1 Å². The van der Waals surface area contributed by atoms with Crippen LogP contribution in [0.3, 0.4) is 0 Å². The van der Waals surface area contributed by atoms with Gasteiger partial charge in [0.15, 0.2) is 0 Å². The van der Waals surface area contributed by atoms with Gasteiger partial charge in [0.25, 0.3) is 0 Å². The number of Topliss-reactive ketones (excluding diaryl/α,β-unsaturated/α-hetero) is 1. The fourth-order valence-electron chi connectivity index (χ4n) is 4.89. The van der Waals surface area contributed by atoms with Crippen molar-refractivity contribution in [3.8, 4) is 10.7 Å². The molecule has 3 aromatic heterocycles. The number of nitrogens with one attached hydrogen (secondary N) is 1. The van der Waals surface area contributed by atoms with Crippen LogP contribution in [0.25, 0.3) is 10.7 Å². The number of halogens is 3. The van der Waals surface area contributed by atoms with Crippen molar-refractivity contribution in [1.82, 2.24) is 20.2 Å². The number of anilines is 1. The third kappa shape index (κ3) is 5.22. The van der Waals surface area contributed by atoms with Crippen molar-refractivity contribution in [2.24, 2.45) is 5.92 Å². The first-order valence-electron chi connectivity index (χ1n) is 11.9. The van der Waals surface area contributed by atoms with E-state index in [0.29, 0.717) is 35.2 Å². The zero-order valence-electron chi connectivity index (χ0n) is 19.1. The van der Waals surface area contributed by atoms with E-state index >= 15 is 0 Å². The van der Waals surface area contributed by atoms with Gasteiger partial charge in [-0.2, -0.15) is 0 Å². The Morgan fingerprint density at radius 2 is 2.00 bits per heavy atom. The van der Waals surface area contributed by atoms with E-state index in [2.05, 4.69) is 25.5 Å². The minimum absolute atomic E-state index is 0.0952. The molecule has 5 rings (SSSR count). The van der Waals surface area contributed by atoms with Gasteiger partial charge >= 0.3 is 0 Å². The molecule has 0 radical (unpaired) electrons. The van der Waals surface area contributed by atoms with Crippen LogP contribution >= 0.6 is 11.3 Å². The van der Waals surface area contributed by atoms with Crippen molar-refractivity contribution in [1.29, 1.82) is 0 Å². The maximum Gasteiger partial charge on any atom is 0.248 e. The molecular formula is C25H26F3N5OS. The van der Waals surface area contributed by atoms with Gasteiger partial charge in [0.05, 0.1) is 5.69 Å². The highest BCUT2D eigenvalue weighted by atomic mass is 32.1. The lowest BCUT2D eigenvalue weighted by atomic mass is 9.66. The molecule has 1 atom stereocenters. The zero-order chi connectivity index (χ0) is 24.5. The van der Waals surface area contributed by atoms with Gasteiger partial charge in [0, 0.05) is 54.4 Å². The maximum absolute atomic E-state index is 14.3. The van der Waals surface area contributed by atoms with Crippen molar-refractivity contribution < 1.29 is 18.0 Å². The summed E-state index contributed by atoms with van der Waals surface area (Å²) >= 11 is 1.42. The fourth-order valence-corrected chi connectivity index (χ4v) is 5.77. The lowest BCUT2D eigenvalue weighted by Gasteiger charge is -2.41. The Morgan fingerprint density at radius 3 is 2.66 bits per heavy atom. The quantitative estimate of drug-likeness (QED) is 0.411. The highest BCUT2D eigenvalue weighted by molar-refractivity contribution is 7.15. The first-order valence-corrected chi connectivity index (χ1v) is 12.7. The first-order chi connectivity index (χ1) is 16.8. The third-order valence-electron chi connectivity index (χ3n) is 7.09. The smallest absolute Gasteiger partial charge is 0.248 e. The molecule has 3 heterocycles. The molecule has 0 bridgehead atoms. The largest absolute Gasteiger partial charge is 0.368 e. The molecule has 0 spiro atoms. The van der Waals surface area contributed by atoms with E-state index in [9.17, 15) is 18.0 Å². The van der Waals surface area contributed by atoms with Gasteiger partial charge in [-0.1, -0.05) is 6.42 Å². The average molecular weight is 502 g/mol. The van der Waals surface area contributed by atoms with Crippen molar-refractivity contribution in [2.45, 2.75) is 62.7 Å². The van der Waals surface area contributed by atoms with E-state index in [0.717, 1.165) is 24.1 Å². The summed E-state index contributed by atoms with van der Waals surface area (Å²) in [5, 5.41) is 12.5. The summed E-state index contributed by atoms with van der Waals surface area (Å²) in [6, 6.07) is 6.68. The molecule has 10 heteroatoms. The number of pyridine rings is 1. The summed E-state index contributed by atoms with van der Waals surface area (Å²) in [4.78, 5) is 21.9. The Morgan fingerprint density at radius 1 is 1.14 bits per heavy atom. The number of nitrogens with zero attached hydrogens (tertiary/aromatic N) is 4. The molecule has 0 aliphatic heterocycles. The van der Waals surface area contributed by atoms with Crippen LogP contribution in [0.1, 0.15) is 55.5 Å². The van der Waals surface area contributed by atoms with E-state index < -0.39 is 11.8 Å². The number of aryl methyl sites for hydroxylation is 1. The second-order valence-electron chi connectivity index (χ2n) is 9.52. The van der Waals surface area contributed by atoms with Crippen molar-refractivity contribution in [2.75, 3.05) is 11.9 Å². The monoisotopic (exact) mass is 501 g/mol. The molecule has 0 saturated heterocycles. The summed E-state index contributed by atoms with van der Waals surface area (Å²) < 4.78 is 41.0. The number of carbonyl (C=O) groups is 1. The highest BCUT2D eigenvalue weighted by Crippen LogP contribution is 2.44. The second kappa shape index (κ2) is 9.64. The van der Waals surface area contributed by atoms with Gasteiger partial charge in [-0.25, -0.2) is 18.2 Å². The van der Waals surface area contributed by atoms with Gasteiger partial charge in [-0.15, -0.1) is 21.5 Å². The summed E-state index contributed by atoms with van der Waals surface area (Å²) in [5.74, 6) is -3.02. The molecule has 2 aliphatic carbocycles. The van der Waals surface area contributed by atoms with Gasteiger partial charge in [0.2, 0.25) is 5.92 Å². The van der Waals surface area contributed by atoms with Crippen LogP contribution in [0.4, 0.5) is 19.0 Å². The van der Waals surface area contributed by atoms with E-state index in [-0.39, 0.29) is 42.7 Å². The molecule has 6 nitrogen and oxygen atoms in total. The lowest BCUT2D eigenvalue weighted by Crippen LogP contribution is -2.42. The van der Waals surface area contributed by atoms with Crippen molar-refractivity contribution >= 4 is 22.9 Å². The van der Waals surface area contributed by atoms with Crippen LogP contribution in [-0.2, 0) is 16.6 Å². The normalized spacial score (nSPS) is 20.4. The van der Waals surface area contributed by atoms with E-state index in [1.165, 1.54) is 17.4 Å². The van der Waals surface area contributed by atoms with Gasteiger partial charge in [-0.3, -0.25) is 9.78 Å². The Hall–Kier alpha value is -2.88. The van der Waals surface area contributed by atoms with Crippen LogP contribution in [-0.4, -0.2) is 38.4 Å². The topological polar surface area (TPSA) is 80.7 Å². The minimum Gasteiger partial charge on any atom is -0.368 e. The van der Waals surface area contributed by atoms with Crippen LogP contribution in [0.5, 0.6) is 0 Å². The molecule has 3 aromatic rings. The molecule has 2 fully saturated rings. The molecule has 184 valence electrons. The molecule has 0 amide bonds. The number of thiazole rings is 1. The number of hydrogen-bond acceptors (Lipinski definition) is 7. The Balaban J connectivity index is 1.16. The molecule has 1 unspecified atom stereocenters. The Kier molecular flexibility index (Phi) is 6.57. The Labute approximate surface area is 205 Å². The number of aromatic nitrogens is 4. The van der Waals surface area contributed by atoms with Crippen LogP contribution in [0.15, 0.2) is 36.7 Å². The predicted octanol–water partition coefficient (Wildman–Crippen LogP) is 5.61. The van der Waals surface area contributed by atoms with Gasteiger partial charge in [-0.05, 0) is 49.9 Å². The average Bonchev–Trinajstić information content (AvgIpc) is 3.44. The summed E-state index contributed by atoms with van der Waals surface area (Å²) in [6.45, 7) is 0.525. The molecule has 2 saturated carbocycles.